The molecule has 0 aliphatic rings. The Kier molecular flexibility index (Phi) is 8.24. The summed E-state index contributed by atoms with van der Waals surface area (Å²) in [6, 6.07) is 0. The summed E-state index contributed by atoms with van der Waals surface area (Å²) in [5.74, 6) is 0. The highest BCUT2D eigenvalue weighted by Crippen LogP contribution is 1.69. The molecule has 0 saturated carbocycles. The second-order valence-corrected chi connectivity index (χ2v) is 1.71. The first kappa shape index (κ1) is 9.50. The van der Waals surface area contributed by atoms with Gasteiger partial charge in [-0.05, 0) is 0 Å². The van der Waals surface area contributed by atoms with Gasteiger partial charge in [-0.15, -0.1) is 12.6 Å². The molecule has 0 bridgehead atoms. The lowest BCUT2D eigenvalue weighted by molar-refractivity contribution is 1.23. The lowest BCUT2D eigenvalue weighted by atomic mass is 11.2. The highest BCUT2D eigenvalue weighted by atomic mass is 32.1. The van der Waals surface area contributed by atoms with Crippen molar-refractivity contribution in [3.05, 3.63) is 0 Å². The first-order valence-corrected chi connectivity index (χ1v) is 2.03. The maximum absolute atomic E-state index is 4.45. The van der Waals surface area contributed by atoms with Gasteiger partial charge < -0.3 is 11.5 Å². The second kappa shape index (κ2) is 5.20. The summed E-state index contributed by atoms with van der Waals surface area (Å²) >= 11 is 8.17. The van der Waals surface area contributed by atoms with Crippen molar-refractivity contribution in [1.29, 1.82) is 0 Å². The van der Waals surface area contributed by atoms with Crippen molar-refractivity contribution in [3.63, 3.8) is 0 Å². The minimum Gasteiger partial charge on any atom is -0.374 e. The molecule has 0 aliphatic heterocycles. The van der Waals surface area contributed by atoms with Crippen molar-refractivity contribution in [2.24, 2.45) is 0 Å². The molecule has 0 aromatic rings. The number of thiol groups is 1. The van der Waals surface area contributed by atoms with E-state index >= 15 is 0 Å². The molecule has 0 amide bonds. The van der Waals surface area contributed by atoms with Crippen LogP contribution in [0.4, 0.5) is 0 Å². The molecule has 0 aliphatic carbocycles. The number of hydrogen-bond acceptors (Lipinski definition) is 2. The molecule has 38 valence electrons. The highest BCUT2D eigenvalue weighted by molar-refractivity contribution is 8.11. The van der Waals surface area contributed by atoms with Gasteiger partial charge in [-0.2, -0.15) is 0 Å². The standard InChI is InChI=1S/C2H5NS2.H3N/c1-3-2(4)5;/h1H3,(H2,3,4,5);1H3. The van der Waals surface area contributed by atoms with Crippen LogP contribution >= 0.6 is 24.8 Å². The maximum Gasteiger partial charge on any atom is 0.130 e. The van der Waals surface area contributed by atoms with Crippen molar-refractivity contribution < 1.29 is 0 Å². The van der Waals surface area contributed by atoms with Gasteiger partial charge in [-0.3, -0.25) is 0 Å². The summed E-state index contributed by atoms with van der Waals surface area (Å²) in [6.07, 6.45) is 0. The Morgan fingerprint density at radius 2 is 2.00 bits per heavy atom. The van der Waals surface area contributed by atoms with E-state index < -0.39 is 0 Å². The van der Waals surface area contributed by atoms with Crippen LogP contribution < -0.4 is 11.5 Å². The van der Waals surface area contributed by atoms with E-state index in [0.717, 1.165) is 0 Å². The molecule has 0 heterocycles. The number of nitrogens with one attached hydrogen (secondary N) is 1. The fourth-order valence-electron chi connectivity index (χ4n) is 0. The zero-order valence-electron chi connectivity index (χ0n) is 3.56. The molecule has 6 heavy (non-hydrogen) atoms. The van der Waals surface area contributed by atoms with Crippen LogP contribution in [-0.4, -0.2) is 11.4 Å². The van der Waals surface area contributed by atoms with Crippen LogP contribution in [0.3, 0.4) is 0 Å². The van der Waals surface area contributed by atoms with Gasteiger partial charge in [0.2, 0.25) is 0 Å². The smallest absolute Gasteiger partial charge is 0.130 e. The van der Waals surface area contributed by atoms with Gasteiger partial charge in [0.05, 0.1) is 0 Å². The largest absolute Gasteiger partial charge is 0.374 e. The van der Waals surface area contributed by atoms with E-state index in [2.05, 4.69) is 30.2 Å². The van der Waals surface area contributed by atoms with Crippen LogP contribution in [0.5, 0.6) is 0 Å². The van der Waals surface area contributed by atoms with Crippen LogP contribution in [0.25, 0.3) is 0 Å². The Balaban J connectivity index is 0. The van der Waals surface area contributed by atoms with Gasteiger partial charge in [0.25, 0.3) is 0 Å². The number of rotatable bonds is 0. The molecule has 0 spiro atoms. The molecule has 0 aromatic carbocycles. The molecule has 0 saturated heterocycles. The van der Waals surface area contributed by atoms with E-state index in [-0.39, 0.29) is 6.15 Å². The molecular weight excluding hydrogens is 116 g/mol. The number of thiocarbonyl (C=S) groups is 1. The average Bonchev–Trinajstić information content (AvgIpc) is 1.38. The van der Waals surface area contributed by atoms with Crippen LogP contribution in [0.2, 0.25) is 0 Å². The SMILES string of the molecule is CNC(=S)S.N. The van der Waals surface area contributed by atoms with E-state index in [0.29, 0.717) is 4.32 Å². The molecule has 0 fully saturated rings. The van der Waals surface area contributed by atoms with Crippen molar-refractivity contribution in [2.45, 2.75) is 0 Å². The summed E-state index contributed by atoms with van der Waals surface area (Å²) in [5.41, 5.74) is 0. The van der Waals surface area contributed by atoms with Gasteiger partial charge in [0.1, 0.15) is 4.32 Å². The molecular formula is C2H8N2S2. The van der Waals surface area contributed by atoms with Gasteiger partial charge in [0, 0.05) is 7.05 Å². The van der Waals surface area contributed by atoms with E-state index in [1.165, 1.54) is 0 Å². The van der Waals surface area contributed by atoms with Crippen LogP contribution in [-0.2, 0) is 0 Å². The monoisotopic (exact) mass is 124 g/mol. The summed E-state index contributed by atoms with van der Waals surface area (Å²) in [6.45, 7) is 0. The van der Waals surface area contributed by atoms with Crippen molar-refractivity contribution in [2.75, 3.05) is 7.05 Å². The second-order valence-electron chi connectivity index (χ2n) is 0.555. The predicted molar refractivity (Wildman–Crippen MR) is 35.7 cm³/mol. The lowest BCUT2D eigenvalue weighted by Gasteiger charge is -1.83. The molecule has 0 rings (SSSR count). The minimum atomic E-state index is 0. The Bertz CT molecular complexity index is 44.8. The molecule has 4 N–H and O–H groups in total. The van der Waals surface area contributed by atoms with Crippen molar-refractivity contribution in [3.8, 4) is 0 Å². The highest BCUT2D eigenvalue weighted by Gasteiger charge is 1.67. The quantitative estimate of drug-likeness (QED) is 0.327. The fourth-order valence-corrected chi connectivity index (χ4v) is 0. The zero-order chi connectivity index (χ0) is 4.28. The molecule has 4 heteroatoms. The summed E-state index contributed by atoms with van der Waals surface area (Å²) in [5, 5.41) is 2.62. The Morgan fingerprint density at radius 3 is 2.00 bits per heavy atom. The molecule has 0 aromatic heterocycles. The molecule has 0 unspecified atom stereocenters. The van der Waals surface area contributed by atoms with E-state index in [9.17, 15) is 0 Å². The predicted octanol–water partition coefficient (Wildman–Crippen LogP) is 0.583. The van der Waals surface area contributed by atoms with Gasteiger partial charge in [-0.25, -0.2) is 0 Å². The van der Waals surface area contributed by atoms with Crippen molar-refractivity contribution in [1.82, 2.24) is 11.5 Å². The Morgan fingerprint density at radius 1 is 1.83 bits per heavy atom. The van der Waals surface area contributed by atoms with Gasteiger partial charge in [0.15, 0.2) is 0 Å². The average molecular weight is 124 g/mol. The van der Waals surface area contributed by atoms with Crippen molar-refractivity contribution >= 4 is 29.2 Å². The topological polar surface area (TPSA) is 47.0 Å². The first-order valence-electron chi connectivity index (χ1n) is 1.18. The van der Waals surface area contributed by atoms with Gasteiger partial charge in [-0.1, -0.05) is 12.2 Å². The van der Waals surface area contributed by atoms with E-state index in [1.54, 1.807) is 7.05 Å². The van der Waals surface area contributed by atoms with E-state index in [1.807, 2.05) is 0 Å². The molecule has 0 radical (unpaired) electrons. The summed E-state index contributed by atoms with van der Waals surface area (Å²) in [7, 11) is 1.73. The Hall–Kier alpha value is 0.200. The lowest BCUT2D eigenvalue weighted by Crippen LogP contribution is -2.06. The van der Waals surface area contributed by atoms with Crippen LogP contribution in [0.15, 0.2) is 0 Å². The first-order chi connectivity index (χ1) is 2.27. The third-order valence-corrected chi connectivity index (χ3v) is 0.642. The van der Waals surface area contributed by atoms with Gasteiger partial charge >= 0.3 is 0 Å². The summed E-state index contributed by atoms with van der Waals surface area (Å²) in [4.78, 5) is 0. The summed E-state index contributed by atoms with van der Waals surface area (Å²) < 4.78 is 0.532. The zero-order valence-corrected chi connectivity index (χ0v) is 5.27. The van der Waals surface area contributed by atoms with Crippen LogP contribution in [0.1, 0.15) is 0 Å². The third-order valence-electron chi connectivity index (χ3n) is 0.214. The maximum atomic E-state index is 4.45. The van der Waals surface area contributed by atoms with Crippen LogP contribution in [0, 0.1) is 0 Å². The molecule has 0 atom stereocenters. The number of hydrogen-bond donors (Lipinski definition) is 3. The third kappa shape index (κ3) is 8.89. The Labute approximate surface area is 48.3 Å². The molecule has 2 nitrogen and oxygen atoms in total. The van der Waals surface area contributed by atoms with E-state index in [4.69, 9.17) is 0 Å². The minimum absolute atomic E-state index is 0. The fraction of sp³-hybridized carbons (Fsp3) is 0.500. The normalized spacial score (nSPS) is 5.67.